The molecule has 0 saturated carbocycles. The number of amides is 1. The summed E-state index contributed by atoms with van der Waals surface area (Å²) in [4.78, 5) is 11.8. The van der Waals surface area contributed by atoms with Gasteiger partial charge in [0.15, 0.2) is 0 Å². The van der Waals surface area contributed by atoms with Gasteiger partial charge in [-0.15, -0.1) is 0 Å². The highest BCUT2D eigenvalue weighted by Crippen LogP contribution is 2.14. The van der Waals surface area contributed by atoms with Gasteiger partial charge in [0.05, 0.1) is 0 Å². The lowest BCUT2D eigenvalue weighted by atomic mass is 9.97. The minimum Gasteiger partial charge on any atom is -0.368 e. The molecule has 0 bridgehead atoms. The average Bonchev–Trinajstić information content (AvgIpc) is 2.70. The van der Waals surface area contributed by atoms with E-state index in [1.54, 1.807) is 0 Å². The molecular weight excluding hydrogens is 192 g/mol. The minimum atomic E-state index is -0.192. The summed E-state index contributed by atoms with van der Waals surface area (Å²) in [6.07, 6.45) is 2.77. The zero-order valence-corrected chi connectivity index (χ0v) is 9.29. The van der Waals surface area contributed by atoms with Gasteiger partial charge in [0, 0.05) is 19.2 Å². The quantitative estimate of drug-likeness (QED) is 0.691. The topological polar surface area (TPSA) is 50.4 Å². The maximum Gasteiger partial charge on any atom is 0.249 e. The van der Waals surface area contributed by atoms with Crippen molar-refractivity contribution < 1.29 is 9.53 Å². The number of rotatable bonds is 2. The molecule has 1 amide bonds. The molecule has 2 rings (SSSR count). The van der Waals surface area contributed by atoms with Gasteiger partial charge in [-0.25, -0.2) is 0 Å². The van der Waals surface area contributed by atoms with Gasteiger partial charge in [0.2, 0.25) is 5.91 Å². The molecule has 0 aliphatic carbocycles. The second-order valence-corrected chi connectivity index (χ2v) is 4.71. The van der Waals surface area contributed by atoms with Crippen molar-refractivity contribution >= 4 is 5.91 Å². The maximum absolute atomic E-state index is 11.8. The highest BCUT2D eigenvalue weighted by molar-refractivity contribution is 5.81. The van der Waals surface area contributed by atoms with E-state index in [0.29, 0.717) is 5.92 Å². The van der Waals surface area contributed by atoms with E-state index in [-0.39, 0.29) is 18.1 Å². The van der Waals surface area contributed by atoms with Gasteiger partial charge in [0.25, 0.3) is 0 Å². The fourth-order valence-electron chi connectivity index (χ4n) is 2.34. The third-order valence-corrected chi connectivity index (χ3v) is 3.14. The zero-order chi connectivity index (χ0) is 10.7. The first-order chi connectivity index (χ1) is 7.25. The Balaban J connectivity index is 1.77. The van der Waals surface area contributed by atoms with Gasteiger partial charge in [-0.1, -0.05) is 6.92 Å². The summed E-state index contributed by atoms with van der Waals surface area (Å²) >= 11 is 0. The first-order valence-electron chi connectivity index (χ1n) is 5.88. The van der Waals surface area contributed by atoms with E-state index in [2.05, 4.69) is 17.6 Å². The molecule has 2 fully saturated rings. The average molecular weight is 212 g/mol. The molecule has 3 atom stereocenters. The monoisotopic (exact) mass is 212 g/mol. The molecule has 2 aliphatic heterocycles. The second-order valence-electron chi connectivity index (χ2n) is 4.71. The van der Waals surface area contributed by atoms with Gasteiger partial charge in [-0.05, 0) is 31.7 Å². The lowest BCUT2D eigenvalue weighted by Gasteiger charge is -2.29. The highest BCUT2D eigenvalue weighted by Gasteiger charge is 2.27. The van der Waals surface area contributed by atoms with Crippen LogP contribution in [0.1, 0.15) is 26.2 Å². The molecule has 0 aromatic rings. The Bertz CT molecular complexity index is 227. The molecule has 0 aromatic carbocycles. The summed E-state index contributed by atoms with van der Waals surface area (Å²) in [5.74, 6) is 0.724. The van der Waals surface area contributed by atoms with Crippen LogP contribution in [0.4, 0.5) is 0 Å². The molecule has 2 N–H and O–H groups in total. The summed E-state index contributed by atoms with van der Waals surface area (Å²) in [7, 11) is 0. The summed E-state index contributed by atoms with van der Waals surface area (Å²) in [6.45, 7) is 4.89. The van der Waals surface area contributed by atoms with Gasteiger partial charge >= 0.3 is 0 Å². The normalized spacial score (nSPS) is 36.5. The second kappa shape index (κ2) is 4.94. The first-order valence-corrected chi connectivity index (χ1v) is 5.88. The Hall–Kier alpha value is -0.610. The Morgan fingerprint density at radius 3 is 3.00 bits per heavy atom. The van der Waals surface area contributed by atoms with Crippen molar-refractivity contribution in [1.82, 2.24) is 10.6 Å². The van der Waals surface area contributed by atoms with Crippen LogP contribution in [-0.2, 0) is 9.53 Å². The number of hydrogen-bond acceptors (Lipinski definition) is 3. The van der Waals surface area contributed by atoms with E-state index in [1.165, 1.54) is 0 Å². The van der Waals surface area contributed by atoms with Gasteiger partial charge in [-0.3, -0.25) is 4.79 Å². The Morgan fingerprint density at radius 2 is 2.33 bits per heavy atom. The molecule has 0 spiro atoms. The molecule has 86 valence electrons. The number of nitrogens with one attached hydrogen (secondary N) is 2. The van der Waals surface area contributed by atoms with Crippen LogP contribution in [0.25, 0.3) is 0 Å². The van der Waals surface area contributed by atoms with Crippen LogP contribution in [0.3, 0.4) is 0 Å². The standard InChI is InChI=1S/C11H20N2O2/c1-8-5-9(7-12-6-8)13-11(14)10-3-2-4-15-10/h8-10,12H,2-7H2,1H3,(H,13,14). The van der Waals surface area contributed by atoms with Crippen LogP contribution in [0.5, 0.6) is 0 Å². The lowest BCUT2D eigenvalue weighted by molar-refractivity contribution is -0.131. The smallest absolute Gasteiger partial charge is 0.249 e. The minimum absolute atomic E-state index is 0.0772. The van der Waals surface area contributed by atoms with E-state index in [9.17, 15) is 4.79 Å². The van der Waals surface area contributed by atoms with E-state index in [4.69, 9.17) is 4.74 Å². The maximum atomic E-state index is 11.8. The lowest BCUT2D eigenvalue weighted by Crippen LogP contribution is -2.50. The van der Waals surface area contributed by atoms with E-state index >= 15 is 0 Å². The molecule has 2 aliphatic rings. The summed E-state index contributed by atoms with van der Waals surface area (Å²) < 4.78 is 5.35. The Labute approximate surface area is 90.8 Å². The number of ether oxygens (including phenoxy) is 1. The molecule has 2 heterocycles. The van der Waals surface area contributed by atoms with Crippen molar-refractivity contribution in [2.24, 2.45) is 5.92 Å². The molecule has 4 heteroatoms. The fourth-order valence-corrected chi connectivity index (χ4v) is 2.34. The molecular formula is C11H20N2O2. The third kappa shape index (κ3) is 2.92. The SMILES string of the molecule is CC1CNCC(NC(=O)C2CCCO2)C1. The van der Waals surface area contributed by atoms with Crippen molar-refractivity contribution in [3.8, 4) is 0 Å². The fraction of sp³-hybridized carbons (Fsp3) is 0.909. The van der Waals surface area contributed by atoms with E-state index in [0.717, 1.165) is 39.0 Å². The molecule has 15 heavy (non-hydrogen) atoms. The first kappa shape index (κ1) is 10.9. The van der Waals surface area contributed by atoms with E-state index < -0.39 is 0 Å². The summed E-state index contributed by atoms with van der Waals surface area (Å²) in [5.41, 5.74) is 0. The van der Waals surface area contributed by atoms with Crippen molar-refractivity contribution in [3.63, 3.8) is 0 Å². The Morgan fingerprint density at radius 1 is 1.47 bits per heavy atom. The van der Waals surface area contributed by atoms with Crippen molar-refractivity contribution in [2.75, 3.05) is 19.7 Å². The van der Waals surface area contributed by atoms with Crippen LogP contribution in [0.2, 0.25) is 0 Å². The Kier molecular flexibility index (Phi) is 3.59. The number of carbonyl (C=O) groups is 1. The highest BCUT2D eigenvalue weighted by atomic mass is 16.5. The van der Waals surface area contributed by atoms with Crippen LogP contribution < -0.4 is 10.6 Å². The summed E-state index contributed by atoms with van der Waals surface area (Å²) in [6, 6.07) is 0.283. The van der Waals surface area contributed by atoms with Crippen LogP contribution in [-0.4, -0.2) is 37.7 Å². The van der Waals surface area contributed by atoms with E-state index in [1.807, 2.05) is 0 Å². The molecule has 2 saturated heterocycles. The molecule has 0 aromatic heterocycles. The van der Waals surface area contributed by atoms with Gasteiger partial charge in [0.1, 0.15) is 6.10 Å². The van der Waals surface area contributed by atoms with Crippen LogP contribution in [0.15, 0.2) is 0 Å². The van der Waals surface area contributed by atoms with Crippen LogP contribution in [0, 0.1) is 5.92 Å². The largest absolute Gasteiger partial charge is 0.368 e. The summed E-state index contributed by atoms with van der Waals surface area (Å²) in [5, 5.41) is 6.39. The third-order valence-electron chi connectivity index (χ3n) is 3.14. The van der Waals surface area contributed by atoms with Gasteiger partial charge < -0.3 is 15.4 Å². The van der Waals surface area contributed by atoms with Crippen molar-refractivity contribution in [1.29, 1.82) is 0 Å². The predicted octanol–water partition coefficient (Wildman–Crippen LogP) is 0.280. The zero-order valence-electron chi connectivity index (χ0n) is 9.29. The number of hydrogen-bond donors (Lipinski definition) is 2. The van der Waals surface area contributed by atoms with Crippen molar-refractivity contribution in [3.05, 3.63) is 0 Å². The predicted molar refractivity (Wildman–Crippen MR) is 57.6 cm³/mol. The van der Waals surface area contributed by atoms with Crippen LogP contribution >= 0.6 is 0 Å². The molecule has 3 unspecified atom stereocenters. The van der Waals surface area contributed by atoms with Crippen molar-refractivity contribution in [2.45, 2.75) is 38.3 Å². The molecule has 0 radical (unpaired) electrons. The number of carbonyl (C=O) groups excluding carboxylic acids is 1. The number of piperidine rings is 1. The molecule has 4 nitrogen and oxygen atoms in total. The van der Waals surface area contributed by atoms with Gasteiger partial charge in [-0.2, -0.15) is 0 Å².